The molecule has 3 unspecified atom stereocenters. The third kappa shape index (κ3) is 4.59. The molecule has 2 aliphatic rings. The van der Waals surface area contributed by atoms with Crippen molar-refractivity contribution in [3.05, 3.63) is 64.3 Å². The van der Waals surface area contributed by atoms with E-state index in [0.29, 0.717) is 4.90 Å². The average Bonchev–Trinajstić information content (AvgIpc) is 3.23. The van der Waals surface area contributed by atoms with Crippen LogP contribution >= 0.6 is 27.7 Å². The summed E-state index contributed by atoms with van der Waals surface area (Å²) in [6.07, 6.45) is 0.942. The molecule has 0 radical (unpaired) electrons. The molecule has 0 saturated carbocycles. The van der Waals surface area contributed by atoms with Crippen molar-refractivity contribution in [2.24, 2.45) is 0 Å². The molecule has 5 atom stereocenters. The van der Waals surface area contributed by atoms with Gasteiger partial charge in [-0.3, -0.25) is 9.99 Å². The molecule has 2 aliphatic heterocycles. The van der Waals surface area contributed by atoms with E-state index in [-0.39, 0.29) is 11.3 Å². The van der Waals surface area contributed by atoms with Crippen molar-refractivity contribution < 1.29 is 33.2 Å². The van der Waals surface area contributed by atoms with Crippen molar-refractivity contribution >= 4 is 33.4 Å². The summed E-state index contributed by atoms with van der Waals surface area (Å²) >= 11 is 4.47. The fourth-order valence-electron chi connectivity index (χ4n) is 3.43. The van der Waals surface area contributed by atoms with Gasteiger partial charge in [-0.25, -0.2) is 13.2 Å². The van der Waals surface area contributed by atoms with Gasteiger partial charge in [0.25, 0.3) is 0 Å². The lowest BCUT2D eigenvalue weighted by molar-refractivity contribution is -0.189. The molecule has 4 rings (SSSR count). The summed E-state index contributed by atoms with van der Waals surface area (Å²) in [6, 6.07) is 2.38. The van der Waals surface area contributed by atoms with Crippen LogP contribution in [0, 0.1) is 17.5 Å². The van der Waals surface area contributed by atoms with Gasteiger partial charge in [0.1, 0.15) is 29.8 Å². The first-order valence-electron chi connectivity index (χ1n) is 9.35. The van der Waals surface area contributed by atoms with Crippen molar-refractivity contribution in [2.75, 3.05) is 6.61 Å². The number of thioether (sulfide) groups is 1. The fourth-order valence-corrected chi connectivity index (χ4v) is 5.03. The van der Waals surface area contributed by atoms with Crippen LogP contribution in [0.3, 0.4) is 0 Å². The second-order valence-electron chi connectivity index (χ2n) is 7.09. The Bertz CT molecular complexity index is 1010. The largest absolute Gasteiger partial charge is 0.394 e. The van der Waals surface area contributed by atoms with E-state index in [9.17, 15) is 28.5 Å². The summed E-state index contributed by atoms with van der Waals surface area (Å²) in [5, 5.41) is 32.6. The van der Waals surface area contributed by atoms with Crippen LogP contribution in [-0.4, -0.2) is 61.7 Å². The van der Waals surface area contributed by atoms with Crippen molar-refractivity contribution in [3.63, 3.8) is 0 Å². The Morgan fingerprint density at radius 2 is 1.84 bits per heavy atom. The summed E-state index contributed by atoms with van der Waals surface area (Å²) in [7, 11) is 0. The highest BCUT2D eigenvalue weighted by Gasteiger charge is 2.48. The fraction of sp³-hybridized carbons (Fsp3) is 0.316. The number of aromatic nitrogens is 1. The van der Waals surface area contributed by atoms with Crippen LogP contribution in [0.25, 0.3) is 5.70 Å². The van der Waals surface area contributed by atoms with Gasteiger partial charge in [-0.1, -0.05) is 11.8 Å². The lowest BCUT2D eigenvalue weighted by atomic mass is 9.97. The summed E-state index contributed by atoms with van der Waals surface area (Å²) in [6.45, 7) is -0.510. The number of hydrogen-bond acceptors (Lipinski definition) is 9. The van der Waals surface area contributed by atoms with Crippen molar-refractivity contribution in [1.82, 2.24) is 21.0 Å². The second kappa shape index (κ2) is 9.55. The predicted octanol–water partition coefficient (Wildman–Crippen LogP) is 1.48. The number of halogens is 4. The standard InChI is InChI=1S/C19H18BrF3N4O4S/c20-9-3-10(5-24-4-9)32-19-18(30)16(17(29)14(7-28)31-19)27-6-13(25-26-27)8-1-11(21)15(23)12(22)2-8/h1-6,14,16-19,25-26,28-30H,7H2/t14?,16?,17-,18?,19+/m0/s1. The van der Waals surface area contributed by atoms with E-state index in [4.69, 9.17) is 4.74 Å². The molecule has 1 saturated heterocycles. The third-order valence-electron chi connectivity index (χ3n) is 4.98. The van der Waals surface area contributed by atoms with Crippen LogP contribution in [0.5, 0.6) is 0 Å². The van der Waals surface area contributed by atoms with Gasteiger partial charge in [0.05, 0.1) is 12.3 Å². The lowest BCUT2D eigenvalue weighted by Crippen LogP contribution is -2.65. The predicted molar refractivity (Wildman–Crippen MR) is 112 cm³/mol. The van der Waals surface area contributed by atoms with Crippen LogP contribution in [0.1, 0.15) is 5.56 Å². The average molecular weight is 535 g/mol. The van der Waals surface area contributed by atoms with Crippen LogP contribution in [0.2, 0.25) is 0 Å². The van der Waals surface area contributed by atoms with Gasteiger partial charge >= 0.3 is 0 Å². The number of hydrazine groups is 2. The minimum atomic E-state index is -1.58. The van der Waals surface area contributed by atoms with Gasteiger partial charge < -0.3 is 25.5 Å². The van der Waals surface area contributed by atoms with E-state index in [0.717, 1.165) is 28.4 Å². The lowest BCUT2D eigenvalue weighted by Gasteiger charge is -2.45. The zero-order chi connectivity index (χ0) is 23.0. The number of hydrogen-bond donors (Lipinski definition) is 5. The molecule has 1 aromatic carbocycles. The Kier molecular flexibility index (Phi) is 6.95. The highest BCUT2D eigenvalue weighted by Crippen LogP contribution is 2.36. The van der Waals surface area contributed by atoms with Gasteiger partial charge in [-0.15, -0.1) is 5.53 Å². The quantitative estimate of drug-likeness (QED) is 0.364. The number of aliphatic hydroxyl groups excluding tert-OH is 3. The van der Waals surface area contributed by atoms with E-state index in [1.807, 2.05) is 0 Å². The topological polar surface area (TPSA) is 110 Å². The number of benzene rings is 1. The minimum absolute atomic E-state index is 0.0114. The van der Waals surface area contributed by atoms with Crippen molar-refractivity contribution in [3.8, 4) is 0 Å². The third-order valence-corrected chi connectivity index (χ3v) is 6.54. The van der Waals surface area contributed by atoms with E-state index < -0.39 is 53.8 Å². The Hall–Kier alpha value is -1.87. The Morgan fingerprint density at radius 3 is 2.50 bits per heavy atom. The van der Waals surface area contributed by atoms with E-state index >= 15 is 0 Å². The monoisotopic (exact) mass is 534 g/mol. The van der Waals surface area contributed by atoms with Crippen LogP contribution < -0.4 is 11.0 Å². The van der Waals surface area contributed by atoms with Gasteiger partial charge in [-0.2, -0.15) is 0 Å². The first-order valence-corrected chi connectivity index (χ1v) is 11.0. The molecule has 172 valence electrons. The molecule has 0 aliphatic carbocycles. The molecule has 8 nitrogen and oxygen atoms in total. The molecule has 2 aromatic rings. The molecule has 3 heterocycles. The zero-order valence-corrected chi connectivity index (χ0v) is 18.5. The summed E-state index contributed by atoms with van der Waals surface area (Å²) in [5.41, 5.74) is 4.67. The highest BCUT2D eigenvalue weighted by atomic mass is 79.9. The molecule has 13 heteroatoms. The number of ether oxygens (including phenoxy) is 1. The van der Waals surface area contributed by atoms with Gasteiger partial charge in [0, 0.05) is 33.5 Å². The minimum Gasteiger partial charge on any atom is -0.394 e. The van der Waals surface area contributed by atoms with E-state index in [1.54, 1.807) is 18.5 Å². The van der Waals surface area contributed by atoms with Gasteiger partial charge in [0.15, 0.2) is 17.5 Å². The number of rotatable bonds is 5. The molecule has 5 N–H and O–H groups in total. The van der Waals surface area contributed by atoms with Gasteiger partial charge in [-0.05, 0) is 34.1 Å². The second-order valence-corrected chi connectivity index (χ2v) is 9.18. The maximum absolute atomic E-state index is 13.6. The maximum atomic E-state index is 13.6. The first-order chi connectivity index (χ1) is 15.3. The van der Waals surface area contributed by atoms with E-state index in [2.05, 4.69) is 31.9 Å². The summed E-state index contributed by atoms with van der Waals surface area (Å²) < 4.78 is 46.9. The molecule has 1 aromatic heterocycles. The van der Waals surface area contributed by atoms with Crippen molar-refractivity contribution in [2.45, 2.75) is 34.7 Å². The van der Waals surface area contributed by atoms with Gasteiger partial charge in [0.2, 0.25) is 0 Å². The Labute approximate surface area is 193 Å². The summed E-state index contributed by atoms with van der Waals surface area (Å²) in [4.78, 5) is 4.73. The van der Waals surface area contributed by atoms with Crippen LogP contribution in [0.4, 0.5) is 13.2 Å². The van der Waals surface area contributed by atoms with Crippen LogP contribution in [-0.2, 0) is 4.74 Å². The highest BCUT2D eigenvalue weighted by molar-refractivity contribution is 9.10. The molecular weight excluding hydrogens is 517 g/mol. The first kappa shape index (κ1) is 23.3. The maximum Gasteiger partial charge on any atom is 0.194 e. The molecular formula is C19H18BrF3N4O4S. The Balaban J connectivity index is 1.59. The Morgan fingerprint density at radius 1 is 1.12 bits per heavy atom. The SMILES string of the molecule is OCC1O[C@H](Sc2cncc(Br)c2)C(O)C(N2C=C(c3cc(F)c(F)c(F)c3)NN2)[C@H]1O. The van der Waals surface area contributed by atoms with Crippen LogP contribution in [0.15, 0.2) is 46.2 Å². The molecule has 0 bridgehead atoms. The zero-order valence-electron chi connectivity index (χ0n) is 16.1. The smallest absolute Gasteiger partial charge is 0.194 e. The number of nitrogens with one attached hydrogen (secondary N) is 2. The van der Waals surface area contributed by atoms with Crippen molar-refractivity contribution in [1.29, 1.82) is 0 Å². The molecule has 1 fully saturated rings. The number of nitrogens with zero attached hydrogens (tertiary/aromatic N) is 2. The molecule has 0 spiro atoms. The molecule has 32 heavy (non-hydrogen) atoms. The normalized spacial score (nSPS) is 27.9. The van der Waals surface area contributed by atoms with E-state index in [1.165, 1.54) is 11.2 Å². The summed E-state index contributed by atoms with van der Waals surface area (Å²) in [5.74, 6) is -4.29. The molecule has 0 amide bonds. The number of pyridine rings is 1. The number of aliphatic hydroxyl groups is 3.